The number of benzene rings is 1. The molecule has 124 valence electrons. The Morgan fingerprint density at radius 2 is 2.00 bits per heavy atom. The summed E-state index contributed by atoms with van der Waals surface area (Å²) in [5.74, 6) is 1.13. The van der Waals surface area contributed by atoms with Crippen LogP contribution >= 0.6 is 0 Å². The summed E-state index contributed by atoms with van der Waals surface area (Å²) >= 11 is 0. The second kappa shape index (κ2) is 6.28. The van der Waals surface area contributed by atoms with Gasteiger partial charge in [0.25, 0.3) is 0 Å². The molecule has 2 aliphatic rings. The Morgan fingerprint density at radius 3 is 2.65 bits per heavy atom. The summed E-state index contributed by atoms with van der Waals surface area (Å²) in [6.45, 7) is 13.2. The Bertz CT molecular complexity index is 605. The molecule has 3 rings (SSSR count). The van der Waals surface area contributed by atoms with Crippen molar-refractivity contribution in [1.29, 1.82) is 0 Å². The largest absolute Gasteiger partial charge is 0.366 e. The predicted molar refractivity (Wildman–Crippen MR) is 97.4 cm³/mol. The highest BCUT2D eigenvalue weighted by Gasteiger charge is 2.48. The molecule has 23 heavy (non-hydrogen) atoms. The molecule has 0 amide bonds. The zero-order valence-corrected chi connectivity index (χ0v) is 15.1. The van der Waals surface area contributed by atoms with E-state index in [1.807, 2.05) is 0 Å². The molecule has 1 saturated heterocycles. The molecule has 0 N–H and O–H groups in total. The highest BCUT2D eigenvalue weighted by atomic mass is 16.5. The maximum Gasteiger partial charge on any atom is 0.0897 e. The standard InChI is InChI=1S/C22H30O/c1-15(2)12-13-22(5)19-11-8-17(4)20(14-19)21(23-22)18-9-6-16(3)7-10-18/h6-7,9-10,12,19-21H,4,8,11,13-14H2,1-3,5H3. The van der Waals surface area contributed by atoms with Crippen molar-refractivity contribution in [3.8, 4) is 0 Å². The topological polar surface area (TPSA) is 9.23 Å². The highest BCUT2D eigenvalue weighted by Crippen LogP contribution is 2.53. The van der Waals surface area contributed by atoms with Gasteiger partial charge in [0.05, 0.1) is 11.7 Å². The first kappa shape index (κ1) is 16.5. The molecular weight excluding hydrogens is 280 g/mol. The molecule has 4 unspecified atom stereocenters. The van der Waals surface area contributed by atoms with Crippen molar-refractivity contribution in [1.82, 2.24) is 0 Å². The van der Waals surface area contributed by atoms with Crippen LogP contribution in [0.25, 0.3) is 0 Å². The molecule has 2 fully saturated rings. The minimum Gasteiger partial charge on any atom is -0.366 e. The van der Waals surface area contributed by atoms with E-state index in [-0.39, 0.29) is 11.7 Å². The maximum absolute atomic E-state index is 6.78. The van der Waals surface area contributed by atoms with Gasteiger partial charge in [-0.1, -0.05) is 53.6 Å². The number of aryl methyl sites for hydroxylation is 1. The molecule has 1 aromatic carbocycles. The van der Waals surface area contributed by atoms with Gasteiger partial charge in [0.1, 0.15) is 0 Å². The zero-order valence-electron chi connectivity index (χ0n) is 15.1. The third-order valence-electron chi connectivity index (χ3n) is 5.82. The van der Waals surface area contributed by atoms with Gasteiger partial charge in [0.15, 0.2) is 0 Å². The van der Waals surface area contributed by atoms with Crippen LogP contribution in [0.15, 0.2) is 48.1 Å². The summed E-state index contributed by atoms with van der Waals surface area (Å²) in [5.41, 5.74) is 5.33. The first-order valence-corrected chi connectivity index (χ1v) is 8.94. The number of hydrogen-bond donors (Lipinski definition) is 0. The van der Waals surface area contributed by atoms with Crippen LogP contribution in [-0.4, -0.2) is 5.60 Å². The van der Waals surface area contributed by atoms with Crippen LogP contribution in [0.1, 0.15) is 63.7 Å². The third kappa shape index (κ3) is 3.30. The summed E-state index contributed by atoms with van der Waals surface area (Å²) in [7, 11) is 0. The van der Waals surface area contributed by atoms with E-state index in [1.54, 1.807) is 0 Å². The lowest BCUT2D eigenvalue weighted by Crippen LogP contribution is -2.48. The van der Waals surface area contributed by atoms with E-state index >= 15 is 0 Å². The summed E-state index contributed by atoms with van der Waals surface area (Å²) in [6, 6.07) is 8.88. The van der Waals surface area contributed by atoms with Gasteiger partial charge in [-0.15, -0.1) is 0 Å². The fourth-order valence-electron chi connectivity index (χ4n) is 4.17. The van der Waals surface area contributed by atoms with Gasteiger partial charge in [-0.2, -0.15) is 0 Å². The van der Waals surface area contributed by atoms with Gasteiger partial charge in [-0.25, -0.2) is 0 Å². The minimum atomic E-state index is -0.0516. The van der Waals surface area contributed by atoms with Gasteiger partial charge < -0.3 is 4.74 Å². The van der Waals surface area contributed by atoms with E-state index in [2.05, 4.69) is 64.6 Å². The molecule has 1 aliphatic heterocycles. The van der Waals surface area contributed by atoms with Crippen molar-refractivity contribution >= 4 is 0 Å². The van der Waals surface area contributed by atoms with E-state index < -0.39 is 0 Å². The number of rotatable bonds is 3. The number of fused-ring (bicyclic) bond motifs is 2. The van der Waals surface area contributed by atoms with E-state index in [0.29, 0.717) is 11.8 Å². The normalized spacial score (nSPS) is 33.4. The third-order valence-corrected chi connectivity index (χ3v) is 5.82. The summed E-state index contributed by atoms with van der Waals surface area (Å²) in [6.07, 6.45) is 7.13. The van der Waals surface area contributed by atoms with Crippen molar-refractivity contribution < 1.29 is 4.74 Å². The van der Waals surface area contributed by atoms with Crippen LogP contribution in [-0.2, 0) is 4.74 Å². The maximum atomic E-state index is 6.78. The Morgan fingerprint density at radius 1 is 1.30 bits per heavy atom. The highest BCUT2D eigenvalue weighted by molar-refractivity contribution is 5.28. The Hall–Kier alpha value is -1.34. The first-order valence-electron chi connectivity index (χ1n) is 8.94. The van der Waals surface area contributed by atoms with E-state index in [4.69, 9.17) is 4.74 Å². The Balaban J connectivity index is 1.92. The number of allylic oxidation sites excluding steroid dienone is 1. The minimum absolute atomic E-state index is 0.0516. The molecule has 2 bridgehead atoms. The summed E-state index contributed by atoms with van der Waals surface area (Å²) in [5, 5.41) is 0. The van der Waals surface area contributed by atoms with Gasteiger partial charge >= 0.3 is 0 Å². The van der Waals surface area contributed by atoms with Crippen LogP contribution in [0.2, 0.25) is 0 Å². The molecule has 0 aromatic heterocycles. The second-order valence-electron chi connectivity index (χ2n) is 7.98. The molecular formula is C22H30O. The lowest BCUT2D eigenvalue weighted by molar-refractivity contribution is -0.181. The molecule has 1 aliphatic carbocycles. The van der Waals surface area contributed by atoms with Crippen LogP contribution in [0, 0.1) is 18.8 Å². The average Bonchev–Trinajstić information content (AvgIpc) is 2.52. The first-order chi connectivity index (χ1) is 10.9. The van der Waals surface area contributed by atoms with E-state index in [0.717, 1.165) is 12.8 Å². The molecule has 1 aromatic rings. The fraction of sp³-hybridized carbons (Fsp3) is 0.545. The molecule has 1 heterocycles. The molecule has 0 radical (unpaired) electrons. The van der Waals surface area contributed by atoms with Gasteiger partial charge in [0.2, 0.25) is 0 Å². The fourth-order valence-corrected chi connectivity index (χ4v) is 4.17. The molecule has 1 nitrogen and oxygen atoms in total. The average molecular weight is 310 g/mol. The van der Waals surface area contributed by atoms with Gasteiger partial charge in [-0.3, -0.25) is 0 Å². The van der Waals surface area contributed by atoms with Crippen LogP contribution < -0.4 is 0 Å². The van der Waals surface area contributed by atoms with Crippen LogP contribution in [0.4, 0.5) is 0 Å². The molecule has 1 heteroatoms. The zero-order chi connectivity index (χ0) is 16.6. The smallest absolute Gasteiger partial charge is 0.0897 e. The quantitative estimate of drug-likeness (QED) is 0.608. The Labute approximate surface area is 141 Å². The Kier molecular flexibility index (Phi) is 4.51. The number of hydrogen-bond acceptors (Lipinski definition) is 1. The van der Waals surface area contributed by atoms with E-state index in [1.165, 1.54) is 35.1 Å². The monoisotopic (exact) mass is 310 g/mol. The summed E-state index contributed by atoms with van der Waals surface area (Å²) in [4.78, 5) is 0. The van der Waals surface area contributed by atoms with Crippen molar-refractivity contribution in [3.63, 3.8) is 0 Å². The summed E-state index contributed by atoms with van der Waals surface area (Å²) < 4.78 is 6.78. The van der Waals surface area contributed by atoms with E-state index in [9.17, 15) is 0 Å². The lowest BCUT2D eigenvalue weighted by Gasteiger charge is -2.52. The van der Waals surface area contributed by atoms with Crippen LogP contribution in [0.5, 0.6) is 0 Å². The molecule has 1 saturated carbocycles. The van der Waals surface area contributed by atoms with Crippen molar-refractivity contribution in [3.05, 3.63) is 59.2 Å². The van der Waals surface area contributed by atoms with Crippen molar-refractivity contribution in [2.24, 2.45) is 11.8 Å². The number of ether oxygens (including phenoxy) is 1. The van der Waals surface area contributed by atoms with Crippen molar-refractivity contribution in [2.75, 3.05) is 0 Å². The SMILES string of the molecule is C=C1CCC2CC1C(c1ccc(C)cc1)OC2(C)CC=C(C)C. The van der Waals surface area contributed by atoms with Crippen LogP contribution in [0.3, 0.4) is 0 Å². The molecule has 4 atom stereocenters. The van der Waals surface area contributed by atoms with Crippen molar-refractivity contribution in [2.45, 2.75) is 65.1 Å². The van der Waals surface area contributed by atoms with Gasteiger partial charge in [-0.05, 0) is 64.9 Å². The second-order valence-corrected chi connectivity index (χ2v) is 7.98. The predicted octanol–water partition coefficient (Wildman–Crippen LogP) is 6.15. The van der Waals surface area contributed by atoms with Gasteiger partial charge in [0, 0.05) is 5.92 Å². The molecule has 0 spiro atoms. The lowest BCUT2D eigenvalue weighted by atomic mass is 9.65.